The van der Waals surface area contributed by atoms with E-state index in [0.717, 1.165) is 0 Å². The molecule has 63 heavy (non-hydrogen) atoms. The van der Waals surface area contributed by atoms with E-state index in [1.54, 1.807) is 74.8 Å². The van der Waals surface area contributed by atoms with Crippen LogP contribution in [-0.4, -0.2) is 115 Å². The highest BCUT2D eigenvalue weighted by Gasteiger charge is 2.34. The highest BCUT2D eigenvalue weighted by molar-refractivity contribution is 5.98. The van der Waals surface area contributed by atoms with Crippen molar-refractivity contribution < 1.29 is 58.5 Å². The summed E-state index contributed by atoms with van der Waals surface area (Å²) in [5, 5.41) is 42.3. The molecule has 0 aliphatic heterocycles. The zero-order valence-electron chi connectivity index (χ0n) is 34.6. The third kappa shape index (κ3) is 14.4. The number of para-hydroxylation sites is 2. The zero-order valence-corrected chi connectivity index (χ0v) is 34.6. The molecule has 0 saturated heterocycles. The van der Waals surface area contributed by atoms with Crippen molar-refractivity contribution in [3.8, 4) is 0 Å². The number of hydrogen-bond donors (Lipinski definition) is 12. The van der Waals surface area contributed by atoms with Gasteiger partial charge < -0.3 is 63.3 Å². The summed E-state index contributed by atoms with van der Waals surface area (Å²) < 4.78 is 0. The Kier molecular flexibility index (Phi) is 17.3. The van der Waals surface area contributed by atoms with E-state index in [-0.39, 0.29) is 25.2 Å². The van der Waals surface area contributed by atoms with E-state index in [1.807, 2.05) is 0 Å². The molecule has 6 atom stereocenters. The van der Waals surface area contributed by atoms with Crippen molar-refractivity contribution in [2.45, 2.75) is 101 Å². The van der Waals surface area contributed by atoms with Gasteiger partial charge in [-0.25, -0.2) is 4.79 Å². The molecular weight excluding hydrogens is 823 g/mol. The van der Waals surface area contributed by atoms with Gasteiger partial charge in [0.15, 0.2) is 0 Å². The maximum absolute atomic E-state index is 14.1. The minimum absolute atomic E-state index is 0.0665. The van der Waals surface area contributed by atoms with Crippen LogP contribution in [0.25, 0.3) is 21.8 Å². The van der Waals surface area contributed by atoms with Crippen LogP contribution in [-0.2, 0) is 56.0 Å². The molecule has 0 aliphatic carbocycles. The highest BCUT2D eigenvalue weighted by atomic mass is 16.4. The van der Waals surface area contributed by atoms with Crippen LogP contribution in [0, 0.1) is 5.92 Å². The lowest BCUT2D eigenvalue weighted by Crippen LogP contribution is -2.60. The zero-order chi connectivity index (χ0) is 46.4. The van der Waals surface area contributed by atoms with Crippen molar-refractivity contribution in [3.63, 3.8) is 0 Å². The molecule has 0 radical (unpaired) electrons. The number of amides is 6. The van der Waals surface area contributed by atoms with Crippen molar-refractivity contribution >= 4 is 75.2 Å². The fourth-order valence-electron chi connectivity index (χ4n) is 6.89. The van der Waals surface area contributed by atoms with E-state index in [9.17, 15) is 58.5 Å². The Morgan fingerprint density at radius 3 is 1.41 bits per heavy atom. The highest BCUT2D eigenvalue weighted by Crippen LogP contribution is 2.21. The topological polar surface area (TPSA) is 358 Å². The summed E-state index contributed by atoms with van der Waals surface area (Å²) >= 11 is 0. The third-order valence-corrected chi connectivity index (χ3v) is 10.1. The molecule has 0 spiro atoms. The molecule has 2 aromatic carbocycles. The second-order valence-corrected chi connectivity index (χ2v) is 15.5. The van der Waals surface area contributed by atoms with Crippen LogP contribution in [0.4, 0.5) is 0 Å². The molecule has 4 aromatic rings. The van der Waals surface area contributed by atoms with Gasteiger partial charge in [-0.2, -0.15) is 0 Å². The molecule has 0 aliphatic rings. The smallest absolute Gasteiger partial charge is 0.326 e. The molecule has 0 bridgehead atoms. The van der Waals surface area contributed by atoms with Crippen LogP contribution >= 0.6 is 0 Å². The van der Waals surface area contributed by atoms with E-state index in [1.165, 1.54) is 0 Å². The van der Waals surface area contributed by atoms with E-state index in [2.05, 4.69) is 36.6 Å². The number of hydrogen-bond acceptors (Lipinski definition) is 10. The number of aromatic nitrogens is 2. The number of aromatic amines is 2. The maximum atomic E-state index is 14.1. The van der Waals surface area contributed by atoms with E-state index >= 15 is 0 Å². The summed E-state index contributed by atoms with van der Waals surface area (Å²) in [5.41, 5.74) is 13.7. The SMILES string of the molecule is CC(C)C[C@H](NC(=O)[C@H](Cc1c[nH]c2ccccc12)NC(=O)[C@H](CCC(N)=O)NC(=O)[C@H](CCC(=O)O)NC(=O)[C@H](Cc1c[nH]c2ccccc12)NC(=O)[C@@H](N)CC(=O)O)C(=O)O. The van der Waals surface area contributed by atoms with Gasteiger partial charge in [0.25, 0.3) is 0 Å². The van der Waals surface area contributed by atoms with Gasteiger partial charge in [0, 0.05) is 59.9 Å². The Bertz CT molecular complexity index is 2320. The largest absolute Gasteiger partial charge is 0.481 e. The summed E-state index contributed by atoms with van der Waals surface area (Å²) in [4.78, 5) is 122. The fourth-order valence-corrected chi connectivity index (χ4v) is 6.89. The molecule has 0 saturated carbocycles. The van der Waals surface area contributed by atoms with Gasteiger partial charge in [0.2, 0.25) is 35.4 Å². The summed E-state index contributed by atoms with van der Waals surface area (Å²) in [6.07, 6.45) is 0.106. The first-order chi connectivity index (χ1) is 29.8. The van der Waals surface area contributed by atoms with Gasteiger partial charge in [-0.05, 0) is 48.4 Å². The van der Waals surface area contributed by atoms with Crippen LogP contribution in [0.5, 0.6) is 0 Å². The summed E-state index contributed by atoms with van der Waals surface area (Å²) in [6.45, 7) is 3.53. The first kappa shape index (κ1) is 48.4. The third-order valence-electron chi connectivity index (χ3n) is 10.1. The molecule has 2 heterocycles. The van der Waals surface area contributed by atoms with E-state index < -0.39 is 122 Å². The first-order valence-electron chi connectivity index (χ1n) is 20.1. The number of benzene rings is 2. The number of aliphatic carboxylic acids is 3. The van der Waals surface area contributed by atoms with E-state index in [0.29, 0.717) is 32.9 Å². The Labute approximate surface area is 360 Å². The Balaban J connectivity index is 1.63. The minimum Gasteiger partial charge on any atom is -0.481 e. The molecule has 21 heteroatoms. The summed E-state index contributed by atoms with van der Waals surface area (Å²) in [6, 6.07) is 5.05. The Morgan fingerprint density at radius 1 is 0.571 bits per heavy atom. The average molecular weight is 876 g/mol. The summed E-state index contributed by atoms with van der Waals surface area (Å²) in [7, 11) is 0. The second kappa shape index (κ2) is 22.5. The van der Waals surface area contributed by atoms with Crippen molar-refractivity contribution in [1.29, 1.82) is 0 Å². The number of nitrogens with two attached hydrogens (primary N) is 2. The predicted molar refractivity (Wildman–Crippen MR) is 226 cm³/mol. The molecule has 338 valence electrons. The van der Waals surface area contributed by atoms with Crippen LogP contribution in [0.15, 0.2) is 60.9 Å². The van der Waals surface area contributed by atoms with Gasteiger partial charge in [0.1, 0.15) is 30.2 Å². The molecule has 14 N–H and O–H groups in total. The number of fused-ring (bicyclic) bond motifs is 2. The molecule has 6 amide bonds. The average Bonchev–Trinajstić information content (AvgIpc) is 3.83. The standard InChI is InChI=1S/C42H53N9O12/c1-21(2)15-33(42(62)63)51-41(61)32(17-23-20-46-28-10-6-4-8-25(23)28)50-39(59)29(11-13-34(44)52)47-38(58)30(12-14-35(53)54)48-40(60)31(49-37(57)26(43)18-36(55)56)16-22-19-45-27-9-5-3-7-24(22)27/h3-10,19-21,26,29-33,45-46H,11-18,43H2,1-2H3,(H2,44,52)(H,47,58)(H,48,60)(H,49,57)(H,50,59)(H,51,61)(H,53,54)(H,55,56)(H,62,63)/t26-,29-,30-,31-,32-,33-/m0/s1. The number of carboxylic acids is 3. The van der Waals surface area contributed by atoms with Crippen molar-refractivity contribution in [2.75, 3.05) is 0 Å². The minimum atomic E-state index is -1.68. The van der Waals surface area contributed by atoms with Crippen molar-refractivity contribution in [1.82, 2.24) is 36.6 Å². The number of carbonyl (C=O) groups excluding carboxylic acids is 6. The fraction of sp³-hybridized carbons (Fsp3) is 0.405. The van der Waals surface area contributed by atoms with Gasteiger partial charge in [-0.3, -0.25) is 38.4 Å². The number of carboxylic acid groups (broad SMARTS) is 3. The molecule has 0 unspecified atom stereocenters. The lowest BCUT2D eigenvalue weighted by atomic mass is 10.0. The number of rotatable bonds is 25. The Hall–Kier alpha value is -7.29. The molecular formula is C42H53N9O12. The number of carbonyl (C=O) groups is 9. The van der Waals surface area contributed by atoms with E-state index in [4.69, 9.17) is 11.5 Å². The van der Waals surface area contributed by atoms with Gasteiger partial charge in [0.05, 0.1) is 12.5 Å². The van der Waals surface area contributed by atoms with Gasteiger partial charge >= 0.3 is 17.9 Å². The van der Waals surface area contributed by atoms with Crippen molar-refractivity contribution in [2.24, 2.45) is 17.4 Å². The molecule has 2 aromatic heterocycles. The van der Waals surface area contributed by atoms with Crippen molar-refractivity contribution in [3.05, 3.63) is 72.1 Å². The quantitative estimate of drug-likeness (QED) is 0.0415. The molecule has 0 fully saturated rings. The lowest BCUT2D eigenvalue weighted by Gasteiger charge is -2.27. The maximum Gasteiger partial charge on any atom is 0.326 e. The molecule has 4 rings (SSSR count). The van der Waals surface area contributed by atoms with Crippen LogP contribution in [0.1, 0.15) is 63.5 Å². The van der Waals surface area contributed by atoms with Crippen LogP contribution < -0.4 is 38.1 Å². The summed E-state index contributed by atoms with van der Waals surface area (Å²) in [5.74, 6) is -9.97. The van der Waals surface area contributed by atoms with Gasteiger partial charge in [-0.15, -0.1) is 0 Å². The first-order valence-corrected chi connectivity index (χ1v) is 20.1. The number of primary amides is 1. The monoisotopic (exact) mass is 875 g/mol. The number of nitrogens with one attached hydrogen (secondary N) is 7. The Morgan fingerprint density at radius 2 is 0.984 bits per heavy atom. The van der Waals surface area contributed by atoms with Crippen LogP contribution in [0.3, 0.4) is 0 Å². The number of H-pyrrole nitrogens is 2. The second-order valence-electron chi connectivity index (χ2n) is 15.5. The normalized spacial score (nSPS) is 14.1. The lowest BCUT2D eigenvalue weighted by molar-refractivity contribution is -0.143. The predicted octanol–water partition coefficient (Wildman–Crippen LogP) is -0.0786. The molecule has 21 nitrogen and oxygen atoms in total. The van der Waals surface area contributed by atoms with Crippen LogP contribution in [0.2, 0.25) is 0 Å². The van der Waals surface area contributed by atoms with Gasteiger partial charge in [-0.1, -0.05) is 50.2 Å².